The molecule has 0 aliphatic carbocycles. The van der Waals surface area contributed by atoms with E-state index in [0.29, 0.717) is 19.4 Å². The second-order valence-electron chi connectivity index (χ2n) is 3.33. The predicted molar refractivity (Wildman–Crippen MR) is 45.7 cm³/mol. The first-order valence-electron chi connectivity index (χ1n) is 4.58. The molecule has 2 saturated heterocycles. The Morgan fingerprint density at radius 1 is 1.15 bits per heavy atom. The topological polar surface area (TPSA) is 61.4 Å². The number of carbonyl (C=O) groups excluding carboxylic acids is 2. The summed E-state index contributed by atoms with van der Waals surface area (Å²) in [5, 5.41) is 6.29. The zero-order valence-electron chi connectivity index (χ0n) is 7.38. The molecule has 5 heteroatoms. The Bertz CT molecular complexity index is 220. The molecule has 1 unspecified atom stereocenters. The lowest BCUT2D eigenvalue weighted by molar-refractivity contribution is -0.142. The number of hydrogen-bond donors (Lipinski definition) is 2. The summed E-state index contributed by atoms with van der Waals surface area (Å²) in [7, 11) is 0. The third-order valence-corrected chi connectivity index (χ3v) is 2.42. The number of amides is 2. The predicted octanol–water partition coefficient (Wildman–Crippen LogP) is -1.35. The monoisotopic (exact) mass is 183 g/mol. The molecule has 2 aliphatic rings. The zero-order valence-corrected chi connectivity index (χ0v) is 7.38. The molecule has 0 radical (unpaired) electrons. The highest BCUT2D eigenvalue weighted by atomic mass is 16.2. The first kappa shape index (κ1) is 8.65. The maximum absolute atomic E-state index is 11.3. The average molecular weight is 183 g/mol. The minimum atomic E-state index is -0.128. The smallest absolute Gasteiger partial charge is 0.231 e. The van der Waals surface area contributed by atoms with Gasteiger partial charge in [-0.15, -0.1) is 0 Å². The van der Waals surface area contributed by atoms with Crippen LogP contribution in [0.2, 0.25) is 0 Å². The molecule has 2 heterocycles. The SMILES string of the molecule is O=C1CCC(=O)N1C1CNCCN1. The van der Waals surface area contributed by atoms with E-state index < -0.39 is 0 Å². The van der Waals surface area contributed by atoms with E-state index in [1.807, 2.05) is 0 Å². The summed E-state index contributed by atoms with van der Waals surface area (Å²) in [6, 6.07) is 0. The number of carbonyl (C=O) groups is 2. The van der Waals surface area contributed by atoms with Gasteiger partial charge in [-0.1, -0.05) is 0 Å². The molecular weight excluding hydrogens is 170 g/mol. The van der Waals surface area contributed by atoms with Crippen molar-refractivity contribution in [1.29, 1.82) is 0 Å². The number of likely N-dealkylation sites (tertiary alicyclic amines) is 1. The number of imide groups is 1. The fraction of sp³-hybridized carbons (Fsp3) is 0.750. The molecule has 0 aromatic rings. The minimum absolute atomic E-state index is 0.0498. The van der Waals surface area contributed by atoms with E-state index in [1.165, 1.54) is 4.90 Å². The van der Waals surface area contributed by atoms with Crippen LogP contribution in [-0.4, -0.2) is 42.5 Å². The average Bonchev–Trinajstić information content (AvgIpc) is 2.48. The number of hydrogen-bond acceptors (Lipinski definition) is 4. The van der Waals surface area contributed by atoms with Crippen LogP contribution in [0.25, 0.3) is 0 Å². The van der Waals surface area contributed by atoms with Gasteiger partial charge in [-0.05, 0) is 0 Å². The lowest BCUT2D eigenvalue weighted by Crippen LogP contribution is -2.58. The molecule has 2 N–H and O–H groups in total. The van der Waals surface area contributed by atoms with Gasteiger partial charge in [-0.25, -0.2) is 0 Å². The molecule has 72 valence electrons. The molecule has 0 bridgehead atoms. The first-order chi connectivity index (χ1) is 6.29. The third kappa shape index (κ3) is 1.57. The van der Waals surface area contributed by atoms with Gasteiger partial charge in [-0.2, -0.15) is 0 Å². The van der Waals surface area contributed by atoms with Crippen molar-refractivity contribution < 1.29 is 9.59 Å². The van der Waals surface area contributed by atoms with Crippen LogP contribution in [0.3, 0.4) is 0 Å². The Morgan fingerprint density at radius 3 is 2.38 bits per heavy atom. The summed E-state index contributed by atoms with van der Waals surface area (Å²) in [5.74, 6) is -0.0996. The third-order valence-electron chi connectivity index (χ3n) is 2.42. The van der Waals surface area contributed by atoms with E-state index in [2.05, 4.69) is 10.6 Å². The molecular formula is C8H13N3O2. The zero-order chi connectivity index (χ0) is 9.26. The normalized spacial score (nSPS) is 29.8. The van der Waals surface area contributed by atoms with Crippen molar-refractivity contribution in [2.45, 2.75) is 19.0 Å². The van der Waals surface area contributed by atoms with Crippen molar-refractivity contribution in [3.05, 3.63) is 0 Å². The molecule has 0 saturated carbocycles. The molecule has 13 heavy (non-hydrogen) atoms. The van der Waals surface area contributed by atoms with Crippen LogP contribution >= 0.6 is 0 Å². The van der Waals surface area contributed by atoms with Crippen LogP contribution < -0.4 is 10.6 Å². The minimum Gasteiger partial charge on any atom is -0.312 e. The summed E-state index contributed by atoms with van der Waals surface area (Å²) in [6.45, 7) is 2.37. The van der Waals surface area contributed by atoms with Crippen molar-refractivity contribution in [2.24, 2.45) is 0 Å². The van der Waals surface area contributed by atoms with Gasteiger partial charge in [0, 0.05) is 32.5 Å². The van der Waals surface area contributed by atoms with Crippen LogP contribution in [0.4, 0.5) is 0 Å². The fourth-order valence-electron chi connectivity index (χ4n) is 1.76. The van der Waals surface area contributed by atoms with Crippen LogP contribution in [0.1, 0.15) is 12.8 Å². The van der Waals surface area contributed by atoms with E-state index in [-0.39, 0.29) is 18.0 Å². The van der Waals surface area contributed by atoms with Crippen molar-refractivity contribution in [2.75, 3.05) is 19.6 Å². The molecule has 0 spiro atoms. The largest absolute Gasteiger partial charge is 0.312 e. The molecule has 2 rings (SSSR count). The van der Waals surface area contributed by atoms with E-state index in [0.717, 1.165) is 13.1 Å². The highest BCUT2D eigenvalue weighted by Gasteiger charge is 2.35. The number of nitrogens with one attached hydrogen (secondary N) is 2. The maximum Gasteiger partial charge on any atom is 0.231 e. The Kier molecular flexibility index (Phi) is 2.28. The van der Waals surface area contributed by atoms with Gasteiger partial charge in [0.2, 0.25) is 11.8 Å². The second-order valence-corrected chi connectivity index (χ2v) is 3.33. The van der Waals surface area contributed by atoms with Crippen LogP contribution in [0.5, 0.6) is 0 Å². The number of nitrogens with zero attached hydrogens (tertiary/aromatic N) is 1. The standard InChI is InChI=1S/C8H13N3O2/c12-7-1-2-8(13)11(7)6-5-9-3-4-10-6/h6,9-10H,1-5H2. The second kappa shape index (κ2) is 3.43. The molecule has 0 aromatic carbocycles. The van der Waals surface area contributed by atoms with Crippen LogP contribution in [0, 0.1) is 0 Å². The van der Waals surface area contributed by atoms with Gasteiger partial charge < -0.3 is 5.32 Å². The highest BCUT2D eigenvalue weighted by molar-refractivity contribution is 6.02. The van der Waals surface area contributed by atoms with Crippen molar-refractivity contribution >= 4 is 11.8 Å². The molecule has 1 atom stereocenters. The molecule has 2 aliphatic heterocycles. The Morgan fingerprint density at radius 2 is 1.85 bits per heavy atom. The molecule has 2 fully saturated rings. The summed E-state index contributed by atoms with van der Waals surface area (Å²) in [5.41, 5.74) is 0. The van der Waals surface area contributed by atoms with Gasteiger partial charge in [0.15, 0.2) is 0 Å². The summed E-state index contributed by atoms with van der Waals surface area (Å²) in [6.07, 6.45) is 0.616. The summed E-state index contributed by atoms with van der Waals surface area (Å²) < 4.78 is 0. The van der Waals surface area contributed by atoms with Crippen LogP contribution in [-0.2, 0) is 9.59 Å². The van der Waals surface area contributed by atoms with E-state index >= 15 is 0 Å². The Balaban J connectivity index is 2.05. The Labute approximate surface area is 76.5 Å². The van der Waals surface area contributed by atoms with E-state index in [4.69, 9.17) is 0 Å². The van der Waals surface area contributed by atoms with Crippen molar-refractivity contribution in [1.82, 2.24) is 15.5 Å². The lowest BCUT2D eigenvalue weighted by atomic mass is 10.3. The van der Waals surface area contributed by atoms with Crippen molar-refractivity contribution in [3.63, 3.8) is 0 Å². The quantitative estimate of drug-likeness (QED) is 0.494. The summed E-state index contributed by atoms with van der Waals surface area (Å²) >= 11 is 0. The molecule has 0 aromatic heterocycles. The lowest BCUT2D eigenvalue weighted by Gasteiger charge is -2.30. The maximum atomic E-state index is 11.3. The fourth-order valence-corrected chi connectivity index (χ4v) is 1.76. The molecule has 2 amide bonds. The first-order valence-corrected chi connectivity index (χ1v) is 4.58. The van der Waals surface area contributed by atoms with Gasteiger partial charge in [0.1, 0.15) is 6.17 Å². The van der Waals surface area contributed by atoms with Gasteiger partial charge in [0.05, 0.1) is 0 Å². The number of piperazine rings is 1. The summed E-state index contributed by atoms with van der Waals surface area (Å²) in [4.78, 5) is 24.0. The van der Waals surface area contributed by atoms with Gasteiger partial charge in [-0.3, -0.25) is 19.8 Å². The Hall–Kier alpha value is -0.940. The number of rotatable bonds is 1. The van der Waals surface area contributed by atoms with Crippen LogP contribution in [0.15, 0.2) is 0 Å². The van der Waals surface area contributed by atoms with Gasteiger partial charge >= 0.3 is 0 Å². The van der Waals surface area contributed by atoms with E-state index in [9.17, 15) is 9.59 Å². The van der Waals surface area contributed by atoms with Crippen molar-refractivity contribution in [3.8, 4) is 0 Å². The van der Waals surface area contributed by atoms with E-state index in [1.54, 1.807) is 0 Å². The molecule has 5 nitrogen and oxygen atoms in total. The van der Waals surface area contributed by atoms with Gasteiger partial charge in [0.25, 0.3) is 0 Å². The highest BCUT2D eigenvalue weighted by Crippen LogP contribution is 2.14.